The lowest BCUT2D eigenvalue weighted by molar-refractivity contribution is -0.191. The van der Waals surface area contributed by atoms with Gasteiger partial charge in [0.1, 0.15) is 0 Å². The van der Waals surface area contributed by atoms with Crippen LogP contribution in [0.3, 0.4) is 0 Å². The third-order valence-corrected chi connectivity index (χ3v) is 3.78. The normalized spacial score (nSPS) is 12.5. The van der Waals surface area contributed by atoms with Crippen molar-refractivity contribution in [3.63, 3.8) is 0 Å². The van der Waals surface area contributed by atoms with E-state index in [1.54, 1.807) is 0 Å². The van der Waals surface area contributed by atoms with E-state index < -0.39 is 0 Å². The van der Waals surface area contributed by atoms with E-state index in [4.69, 9.17) is 9.59 Å². The minimum atomic E-state index is -0.0475. The molecule has 3 nitrogen and oxygen atoms in total. The highest BCUT2D eigenvalue weighted by Crippen LogP contribution is 2.22. The third-order valence-electron chi connectivity index (χ3n) is 3.78. The number of aliphatic hydroxyl groups is 1. The van der Waals surface area contributed by atoms with Crippen molar-refractivity contribution in [2.24, 2.45) is 11.3 Å². The number of aliphatic hydroxyl groups excluding tert-OH is 1. The van der Waals surface area contributed by atoms with Crippen LogP contribution in [0.4, 0.5) is 0 Å². The van der Waals surface area contributed by atoms with Gasteiger partial charge in [-0.15, -0.1) is 0 Å². The highest BCUT2D eigenvalue weighted by molar-refractivity contribution is 5.20. The highest BCUT2D eigenvalue weighted by atomic mass is 16.3. The van der Waals surface area contributed by atoms with Crippen molar-refractivity contribution >= 4 is 6.15 Å². The van der Waals surface area contributed by atoms with Crippen molar-refractivity contribution in [1.29, 1.82) is 0 Å². The van der Waals surface area contributed by atoms with Crippen LogP contribution in [0.1, 0.15) is 98.8 Å². The topological polar surface area (TPSA) is 54.4 Å². The molecule has 0 rings (SSSR count). The van der Waals surface area contributed by atoms with E-state index in [0.717, 1.165) is 18.8 Å². The Balaban J connectivity index is 0. The maximum absolute atomic E-state index is 9.92. The zero-order chi connectivity index (χ0) is 17.4. The molecule has 22 heavy (non-hydrogen) atoms. The molecule has 1 unspecified atom stereocenters. The lowest BCUT2D eigenvalue weighted by Gasteiger charge is -2.17. The first kappa shape index (κ1) is 23.6. The fourth-order valence-electron chi connectivity index (χ4n) is 2.47. The second-order valence-corrected chi connectivity index (χ2v) is 7.93. The van der Waals surface area contributed by atoms with Gasteiger partial charge in [-0.1, -0.05) is 79.6 Å². The first-order chi connectivity index (χ1) is 10.2. The molecule has 0 aliphatic rings. The summed E-state index contributed by atoms with van der Waals surface area (Å²) >= 11 is 0. The average molecular weight is 315 g/mol. The zero-order valence-electron chi connectivity index (χ0n) is 15.5. The van der Waals surface area contributed by atoms with E-state index in [-0.39, 0.29) is 12.3 Å². The van der Waals surface area contributed by atoms with Gasteiger partial charge >= 0.3 is 6.15 Å². The number of unbranched alkanes of at least 4 members (excludes halogenated alkanes) is 4. The highest BCUT2D eigenvalue weighted by Gasteiger charge is 2.09. The minimum Gasteiger partial charge on any atom is -0.393 e. The smallest absolute Gasteiger partial charge is 0.373 e. The lowest BCUT2D eigenvalue weighted by Crippen LogP contribution is -2.07. The minimum absolute atomic E-state index is 0.0475. The van der Waals surface area contributed by atoms with Crippen LogP contribution in [0.2, 0.25) is 0 Å². The van der Waals surface area contributed by atoms with Crippen molar-refractivity contribution < 1.29 is 14.7 Å². The Morgan fingerprint density at radius 3 is 1.64 bits per heavy atom. The van der Waals surface area contributed by atoms with E-state index in [2.05, 4.69) is 34.6 Å². The molecule has 1 N–H and O–H groups in total. The number of hydrogen-bond acceptors (Lipinski definition) is 3. The molecule has 3 heteroatoms. The van der Waals surface area contributed by atoms with Gasteiger partial charge in [0.2, 0.25) is 0 Å². The van der Waals surface area contributed by atoms with Crippen LogP contribution in [-0.4, -0.2) is 17.4 Å². The second kappa shape index (κ2) is 15.2. The van der Waals surface area contributed by atoms with Crippen LogP contribution < -0.4 is 0 Å². The van der Waals surface area contributed by atoms with E-state index in [9.17, 15) is 5.11 Å². The van der Waals surface area contributed by atoms with Gasteiger partial charge in [0, 0.05) is 0 Å². The molecule has 0 aromatic heterocycles. The van der Waals surface area contributed by atoms with Crippen molar-refractivity contribution in [3.8, 4) is 0 Å². The number of carbonyl (C=O) groups excluding carboxylic acids is 2. The van der Waals surface area contributed by atoms with Gasteiger partial charge in [0.05, 0.1) is 6.10 Å². The predicted octanol–water partition coefficient (Wildman–Crippen LogP) is 5.37. The van der Waals surface area contributed by atoms with Crippen molar-refractivity contribution in [1.82, 2.24) is 0 Å². The molecule has 132 valence electrons. The van der Waals surface area contributed by atoms with Crippen LogP contribution in [0.5, 0.6) is 0 Å². The summed E-state index contributed by atoms with van der Waals surface area (Å²) in [6.07, 6.45) is 12.5. The van der Waals surface area contributed by atoms with Gasteiger partial charge in [0.25, 0.3) is 0 Å². The number of hydrogen-bond donors (Lipinski definition) is 1. The Morgan fingerprint density at radius 2 is 1.23 bits per heavy atom. The van der Waals surface area contributed by atoms with Gasteiger partial charge in [-0.2, -0.15) is 9.59 Å². The molecule has 0 radical (unpaired) electrons. The first-order valence-electron chi connectivity index (χ1n) is 8.90. The molecular weight excluding hydrogens is 276 g/mol. The Morgan fingerprint density at radius 1 is 0.818 bits per heavy atom. The van der Waals surface area contributed by atoms with Crippen LogP contribution >= 0.6 is 0 Å². The van der Waals surface area contributed by atoms with Gasteiger partial charge < -0.3 is 5.11 Å². The van der Waals surface area contributed by atoms with Crippen LogP contribution in [0.25, 0.3) is 0 Å². The molecule has 0 bridgehead atoms. The molecule has 0 aromatic rings. The summed E-state index contributed by atoms with van der Waals surface area (Å²) in [5.41, 5.74) is 0.467. The molecule has 0 heterocycles. The molecule has 0 spiro atoms. The zero-order valence-corrected chi connectivity index (χ0v) is 15.5. The molecule has 0 aromatic carbocycles. The molecular formula is C19H38O3. The lowest BCUT2D eigenvalue weighted by atomic mass is 9.89. The molecule has 1 atom stereocenters. The fourth-order valence-corrected chi connectivity index (χ4v) is 2.47. The summed E-state index contributed by atoms with van der Waals surface area (Å²) in [5.74, 6) is 0.827. The van der Waals surface area contributed by atoms with E-state index in [1.165, 1.54) is 51.4 Å². The molecule has 0 aliphatic carbocycles. The maximum Gasteiger partial charge on any atom is 0.373 e. The maximum atomic E-state index is 9.92. The summed E-state index contributed by atoms with van der Waals surface area (Å²) in [5, 5.41) is 9.92. The van der Waals surface area contributed by atoms with Crippen molar-refractivity contribution in [2.45, 2.75) is 105 Å². The predicted molar refractivity (Wildman–Crippen MR) is 91.5 cm³/mol. The van der Waals surface area contributed by atoms with Crippen molar-refractivity contribution in [3.05, 3.63) is 0 Å². The van der Waals surface area contributed by atoms with E-state index in [0.29, 0.717) is 5.41 Å². The van der Waals surface area contributed by atoms with Gasteiger partial charge in [-0.3, -0.25) is 0 Å². The summed E-state index contributed by atoms with van der Waals surface area (Å²) in [6, 6.07) is 0. The van der Waals surface area contributed by atoms with Crippen LogP contribution in [-0.2, 0) is 9.59 Å². The Bertz CT molecular complexity index is 260. The SMILES string of the molecule is CC(C)CCCCCC(O)CCCCCC(C)(C)C.O=C=O. The Hall–Kier alpha value is -0.660. The van der Waals surface area contributed by atoms with Crippen LogP contribution in [0, 0.1) is 11.3 Å². The Kier molecular flexibility index (Phi) is 16.4. The standard InChI is InChI=1S/C18H38O.CO2/c1-16(2)12-8-6-9-13-17(19)14-10-7-11-15-18(3,4)5;2-1-3/h16-17,19H,6-15H2,1-5H3;. The fraction of sp³-hybridized carbons (Fsp3) is 0.947. The number of rotatable bonds is 11. The van der Waals surface area contributed by atoms with Gasteiger partial charge in [0.15, 0.2) is 0 Å². The molecule has 0 saturated carbocycles. The average Bonchev–Trinajstić information content (AvgIpc) is 2.37. The summed E-state index contributed by atoms with van der Waals surface area (Å²) in [4.78, 5) is 16.2. The van der Waals surface area contributed by atoms with Crippen molar-refractivity contribution in [2.75, 3.05) is 0 Å². The Labute approximate surface area is 137 Å². The third kappa shape index (κ3) is 24.4. The van der Waals surface area contributed by atoms with Gasteiger partial charge in [-0.05, 0) is 30.6 Å². The van der Waals surface area contributed by atoms with E-state index >= 15 is 0 Å². The first-order valence-corrected chi connectivity index (χ1v) is 8.90. The molecule has 0 saturated heterocycles. The summed E-state index contributed by atoms with van der Waals surface area (Å²) < 4.78 is 0. The summed E-state index contributed by atoms with van der Waals surface area (Å²) in [7, 11) is 0. The molecule has 0 aliphatic heterocycles. The summed E-state index contributed by atoms with van der Waals surface area (Å²) in [6.45, 7) is 11.5. The van der Waals surface area contributed by atoms with E-state index in [1.807, 2.05) is 0 Å². The second-order valence-electron chi connectivity index (χ2n) is 7.93. The monoisotopic (exact) mass is 314 g/mol. The quantitative estimate of drug-likeness (QED) is 0.522. The van der Waals surface area contributed by atoms with Gasteiger partial charge in [-0.25, -0.2) is 0 Å². The molecule has 0 fully saturated rings. The van der Waals surface area contributed by atoms with Crippen LogP contribution in [0.15, 0.2) is 0 Å². The molecule has 0 amide bonds. The largest absolute Gasteiger partial charge is 0.393 e.